The number of nitrogens with one attached hydrogen (secondary N) is 2. The van der Waals surface area contributed by atoms with Gasteiger partial charge < -0.3 is 15.5 Å². The van der Waals surface area contributed by atoms with E-state index < -0.39 is 0 Å². The molecule has 0 saturated carbocycles. The third-order valence-electron chi connectivity index (χ3n) is 4.53. The number of para-hydroxylation sites is 1. The highest BCUT2D eigenvalue weighted by atomic mass is 16.1. The number of hydrogen-bond acceptors (Lipinski definition) is 3. The standard InChI is InChI=1S/C20H25N3O/c1-16-11-13-23(14-12-16)19-9-7-18(8-10-19)22-20(24)15-21-17-5-3-2-4-6-17/h2-10,16,21H,11-15H2,1H3,(H,22,24). The maximum Gasteiger partial charge on any atom is 0.243 e. The van der Waals surface area contributed by atoms with Gasteiger partial charge in [-0.2, -0.15) is 0 Å². The highest BCUT2D eigenvalue weighted by Gasteiger charge is 2.15. The molecule has 24 heavy (non-hydrogen) atoms. The van der Waals surface area contributed by atoms with Gasteiger partial charge in [0.15, 0.2) is 0 Å². The lowest BCUT2D eigenvalue weighted by atomic mass is 9.99. The van der Waals surface area contributed by atoms with Crippen LogP contribution >= 0.6 is 0 Å². The zero-order valence-corrected chi connectivity index (χ0v) is 14.2. The Morgan fingerprint density at radius 2 is 1.67 bits per heavy atom. The minimum Gasteiger partial charge on any atom is -0.376 e. The van der Waals surface area contributed by atoms with Gasteiger partial charge in [-0.1, -0.05) is 25.1 Å². The molecular weight excluding hydrogens is 298 g/mol. The summed E-state index contributed by atoms with van der Waals surface area (Å²) >= 11 is 0. The van der Waals surface area contributed by atoms with Crippen LogP contribution in [-0.2, 0) is 4.79 Å². The number of rotatable bonds is 5. The van der Waals surface area contributed by atoms with Crippen molar-refractivity contribution in [1.29, 1.82) is 0 Å². The summed E-state index contributed by atoms with van der Waals surface area (Å²) in [6.45, 7) is 4.82. The SMILES string of the molecule is CC1CCN(c2ccc(NC(=O)CNc3ccccc3)cc2)CC1. The number of piperidine rings is 1. The van der Waals surface area contributed by atoms with Gasteiger partial charge in [0.25, 0.3) is 0 Å². The number of hydrogen-bond donors (Lipinski definition) is 2. The summed E-state index contributed by atoms with van der Waals surface area (Å²) < 4.78 is 0. The molecule has 0 atom stereocenters. The minimum atomic E-state index is -0.0431. The van der Waals surface area contributed by atoms with E-state index in [9.17, 15) is 4.79 Å². The van der Waals surface area contributed by atoms with Crippen LogP contribution in [0.1, 0.15) is 19.8 Å². The predicted molar refractivity (Wildman–Crippen MR) is 101 cm³/mol. The lowest BCUT2D eigenvalue weighted by molar-refractivity contribution is -0.114. The third kappa shape index (κ3) is 4.51. The van der Waals surface area contributed by atoms with E-state index in [0.717, 1.165) is 30.4 Å². The summed E-state index contributed by atoms with van der Waals surface area (Å²) in [5, 5.41) is 6.04. The van der Waals surface area contributed by atoms with Crippen LogP contribution in [-0.4, -0.2) is 25.5 Å². The molecule has 1 saturated heterocycles. The Bertz CT molecular complexity index is 646. The molecule has 1 fully saturated rings. The van der Waals surface area contributed by atoms with Crippen LogP contribution in [0.5, 0.6) is 0 Å². The third-order valence-corrected chi connectivity index (χ3v) is 4.53. The second-order valence-electron chi connectivity index (χ2n) is 6.48. The van der Waals surface area contributed by atoms with E-state index in [1.54, 1.807) is 0 Å². The molecule has 0 bridgehead atoms. The number of benzene rings is 2. The van der Waals surface area contributed by atoms with Crippen LogP contribution in [0, 0.1) is 5.92 Å². The van der Waals surface area contributed by atoms with Crippen LogP contribution in [0.4, 0.5) is 17.1 Å². The zero-order valence-electron chi connectivity index (χ0n) is 14.2. The maximum atomic E-state index is 12.0. The molecule has 0 spiro atoms. The van der Waals surface area contributed by atoms with E-state index >= 15 is 0 Å². The Morgan fingerprint density at radius 1 is 1.00 bits per heavy atom. The summed E-state index contributed by atoms with van der Waals surface area (Å²) in [4.78, 5) is 14.4. The molecule has 1 aliphatic rings. The van der Waals surface area contributed by atoms with Crippen molar-refractivity contribution in [2.75, 3.05) is 35.2 Å². The van der Waals surface area contributed by atoms with E-state index in [2.05, 4.69) is 34.6 Å². The normalized spacial score (nSPS) is 15.1. The Hall–Kier alpha value is -2.49. The molecule has 4 nitrogen and oxygen atoms in total. The molecular formula is C20H25N3O. The lowest BCUT2D eigenvalue weighted by Crippen LogP contribution is -2.32. The van der Waals surface area contributed by atoms with Gasteiger partial charge in [-0.3, -0.25) is 4.79 Å². The summed E-state index contributed by atoms with van der Waals surface area (Å²) in [6, 6.07) is 17.9. The molecule has 0 aliphatic carbocycles. The summed E-state index contributed by atoms with van der Waals surface area (Å²) in [5.74, 6) is 0.787. The molecule has 0 radical (unpaired) electrons. The second-order valence-corrected chi connectivity index (χ2v) is 6.48. The molecule has 1 amide bonds. The molecule has 126 valence electrons. The quantitative estimate of drug-likeness (QED) is 0.875. The molecule has 0 aromatic heterocycles. The highest BCUT2D eigenvalue weighted by molar-refractivity contribution is 5.93. The van der Waals surface area contributed by atoms with Gasteiger partial charge in [0.05, 0.1) is 6.54 Å². The smallest absolute Gasteiger partial charge is 0.243 e. The summed E-state index contributed by atoms with van der Waals surface area (Å²) in [7, 11) is 0. The van der Waals surface area contributed by atoms with E-state index in [1.807, 2.05) is 42.5 Å². The van der Waals surface area contributed by atoms with Gasteiger partial charge in [0.2, 0.25) is 5.91 Å². The van der Waals surface area contributed by atoms with E-state index in [0.29, 0.717) is 0 Å². The van der Waals surface area contributed by atoms with Crippen molar-refractivity contribution in [3.05, 3.63) is 54.6 Å². The van der Waals surface area contributed by atoms with Crippen LogP contribution in [0.25, 0.3) is 0 Å². The van der Waals surface area contributed by atoms with Gasteiger partial charge in [-0.15, -0.1) is 0 Å². The molecule has 2 aromatic rings. The summed E-state index contributed by atoms with van der Waals surface area (Å²) in [5.41, 5.74) is 3.02. The van der Waals surface area contributed by atoms with E-state index in [1.165, 1.54) is 18.5 Å². The first-order valence-electron chi connectivity index (χ1n) is 8.64. The second kappa shape index (κ2) is 7.86. The van der Waals surface area contributed by atoms with Gasteiger partial charge in [-0.25, -0.2) is 0 Å². The average Bonchev–Trinajstić information content (AvgIpc) is 2.62. The van der Waals surface area contributed by atoms with Crippen LogP contribution in [0.15, 0.2) is 54.6 Å². The highest BCUT2D eigenvalue weighted by Crippen LogP contribution is 2.24. The van der Waals surface area contributed by atoms with E-state index in [4.69, 9.17) is 0 Å². The van der Waals surface area contributed by atoms with Crippen molar-refractivity contribution in [2.24, 2.45) is 5.92 Å². The van der Waals surface area contributed by atoms with Crippen molar-refractivity contribution in [1.82, 2.24) is 0 Å². The predicted octanol–water partition coefficient (Wildman–Crippen LogP) is 3.97. The lowest BCUT2D eigenvalue weighted by Gasteiger charge is -2.32. The molecule has 1 heterocycles. The number of anilines is 3. The van der Waals surface area contributed by atoms with Gasteiger partial charge in [0.1, 0.15) is 0 Å². The van der Waals surface area contributed by atoms with Crippen molar-refractivity contribution in [3.8, 4) is 0 Å². The van der Waals surface area contributed by atoms with Crippen LogP contribution in [0.2, 0.25) is 0 Å². The fourth-order valence-electron chi connectivity index (χ4n) is 2.97. The molecule has 0 unspecified atom stereocenters. The number of nitrogens with zero attached hydrogens (tertiary/aromatic N) is 1. The number of carbonyl (C=O) groups excluding carboxylic acids is 1. The number of amides is 1. The first kappa shape index (κ1) is 16.4. The first-order valence-corrected chi connectivity index (χ1v) is 8.64. The Morgan fingerprint density at radius 3 is 2.33 bits per heavy atom. The Labute approximate surface area is 143 Å². The molecule has 1 aliphatic heterocycles. The largest absolute Gasteiger partial charge is 0.376 e. The van der Waals surface area contributed by atoms with Crippen molar-refractivity contribution in [3.63, 3.8) is 0 Å². The molecule has 2 aromatic carbocycles. The average molecular weight is 323 g/mol. The van der Waals surface area contributed by atoms with Crippen molar-refractivity contribution < 1.29 is 4.79 Å². The van der Waals surface area contributed by atoms with Gasteiger partial charge >= 0.3 is 0 Å². The fraction of sp³-hybridized carbons (Fsp3) is 0.350. The van der Waals surface area contributed by atoms with E-state index in [-0.39, 0.29) is 12.5 Å². The fourth-order valence-corrected chi connectivity index (χ4v) is 2.97. The van der Waals surface area contributed by atoms with Gasteiger partial charge in [-0.05, 0) is 55.2 Å². The molecule has 4 heteroatoms. The Kier molecular flexibility index (Phi) is 5.36. The topological polar surface area (TPSA) is 44.4 Å². The van der Waals surface area contributed by atoms with Crippen LogP contribution in [0.3, 0.4) is 0 Å². The van der Waals surface area contributed by atoms with Crippen LogP contribution < -0.4 is 15.5 Å². The summed E-state index contributed by atoms with van der Waals surface area (Å²) in [6.07, 6.45) is 2.51. The molecule has 2 N–H and O–H groups in total. The first-order chi connectivity index (χ1) is 11.7. The van der Waals surface area contributed by atoms with Crippen molar-refractivity contribution in [2.45, 2.75) is 19.8 Å². The zero-order chi connectivity index (χ0) is 16.8. The monoisotopic (exact) mass is 323 g/mol. The van der Waals surface area contributed by atoms with Gasteiger partial charge in [0, 0.05) is 30.2 Å². The number of carbonyl (C=O) groups is 1. The minimum absolute atomic E-state index is 0.0431. The molecule has 3 rings (SSSR count). The maximum absolute atomic E-state index is 12.0. The van der Waals surface area contributed by atoms with Crippen molar-refractivity contribution >= 4 is 23.0 Å². The Balaban J connectivity index is 1.49.